The van der Waals surface area contributed by atoms with Crippen molar-refractivity contribution in [2.75, 3.05) is 43.4 Å². The van der Waals surface area contributed by atoms with Crippen LogP contribution in [0.2, 0.25) is 0 Å². The number of nitrogens with zero attached hydrogens (tertiary/aromatic N) is 2. The summed E-state index contributed by atoms with van der Waals surface area (Å²) in [5.41, 5.74) is 0.815. The van der Waals surface area contributed by atoms with Crippen LogP contribution in [0.1, 0.15) is 0 Å². The van der Waals surface area contributed by atoms with Crippen molar-refractivity contribution in [1.82, 2.24) is 9.03 Å². The molecule has 0 unspecified atom stereocenters. The van der Waals surface area contributed by atoms with Gasteiger partial charge in [-0.1, -0.05) is 0 Å². The summed E-state index contributed by atoms with van der Waals surface area (Å²) in [4.78, 5) is 1.83. The maximum absolute atomic E-state index is 13.0. The number of anilines is 1. The molecule has 0 saturated carbocycles. The number of benzene rings is 2. The van der Waals surface area contributed by atoms with Crippen LogP contribution in [0.5, 0.6) is 0 Å². The van der Waals surface area contributed by atoms with Gasteiger partial charge >= 0.3 is 0 Å². The molecular formula is C18H21F2N3O4S2. The molecule has 0 spiro atoms. The highest BCUT2D eigenvalue weighted by Gasteiger charge is 2.27. The lowest BCUT2D eigenvalue weighted by atomic mass is 10.2. The molecule has 2 aromatic carbocycles. The quantitative estimate of drug-likeness (QED) is 0.696. The topological polar surface area (TPSA) is 86.8 Å². The first-order chi connectivity index (χ1) is 13.7. The van der Waals surface area contributed by atoms with Gasteiger partial charge in [0.15, 0.2) is 0 Å². The average molecular weight is 446 g/mol. The zero-order valence-electron chi connectivity index (χ0n) is 15.5. The lowest BCUT2D eigenvalue weighted by Crippen LogP contribution is -2.50. The monoisotopic (exact) mass is 445 g/mol. The Kier molecular flexibility index (Phi) is 6.52. The molecule has 0 aliphatic carbocycles. The Morgan fingerprint density at radius 3 is 1.86 bits per heavy atom. The number of halogens is 2. The molecule has 2 aromatic rings. The third-order valence-electron chi connectivity index (χ3n) is 4.60. The van der Waals surface area contributed by atoms with E-state index in [4.69, 9.17) is 0 Å². The van der Waals surface area contributed by atoms with Crippen molar-refractivity contribution in [3.63, 3.8) is 0 Å². The molecule has 0 aromatic heterocycles. The Bertz CT molecular complexity index is 1040. The van der Waals surface area contributed by atoms with E-state index in [1.54, 1.807) is 12.1 Å². The second kappa shape index (κ2) is 8.74. The zero-order chi connectivity index (χ0) is 21.1. The molecule has 1 fully saturated rings. The van der Waals surface area contributed by atoms with Crippen molar-refractivity contribution in [2.45, 2.75) is 4.90 Å². The Balaban J connectivity index is 1.52. The van der Waals surface area contributed by atoms with Crippen LogP contribution < -0.4 is 9.62 Å². The van der Waals surface area contributed by atoms with Crippen molar-refractivity contribution >= 4 is 25.7 Å². The predicted molar refractivity (Wildman–Crippen MR) is 106 cm³/mol. The van der Waals surface area contributed by atoms with Gasteiger partial charge in [-0.25, -0.2) is 30.3 Å². The Hall–Kier alpha value is -2.08. The van der Waals surface area contributed by atoms with Crippen molar-refractivity contribution in [3.8, 4) is 0 Å². The molecule has 3 rings (SSSR count). The van der Waals surface area contributed by atoms with Crippen LogP contribution in [0.25, 0.3) is 0 Å². The molecular weight excluding hydrogens is 424 g/mol. The smallest absolute Gasteiger partial charge is 0.240 e. The molecule has 0 amide bonds. The zero-order valence-corrected chi connectivity index (χ0v) is 17.1. The van der Waals surface area contributed by atoms with Gasteiger partial charge in [0.25, 0.3) is 0 Å². The number of rotatable bonds is 7. The van der Waals surface area contributed by atoms with Gasteiger partial charge in [0, 0.05) is 38.4 Å². The lowest BCUT2D eigenvalue weighted by molar-refractivity contribution is 0.385. The number of nitrogens with one attached hydrogen (secondary N) is 1. The standard InChI is InChI=1S/C18H21F2N3O4S2/c19-15-1-5-17(6-2-15)22-10-12-23(13-11-22)28(24,25)14-9-21-29(26,27)18-7-3-16(20)4-8-18/h1-8,21H,9-14H2. The average Bonchev–Trinajstić information content (AvgIpc) is 2.69. The van der Waals surface area contributed by atoms with Crippen LogP contribution in [-0.2, 0) is 20.0 Å². The van der Waals surface area contributed by atoms with Crippen molar-refractivity contribution in [1.29, 1.82) is 0 Å². The van der Waals surface area contributed by atoms with E-state index < -0.39 is 25.9 Å². The van der Waals surface area contributed by atoms with Crippen LogP contribution in [0.15, 0.2) is 53.4 Å². The SMILES string of the molecule is O=S(=O)(NCCS(=O)(=O)N1CCN(c2ccc(F)cc2)CC1)c1ccc(F)cc1. The maximum Gasteiger partial charge on any atom is 0.240 e. The molecule has 0 atom stereocenters. The Morgan fingerprint density at radius 2 is 1.31 bits per heavy atom. The van der Waals surface area contributed by atoms with Gasteiger partial charge in [-0.15, -0.1) is 0 Å². The fourth-order valence-electron chi connectivity index (χ4n) is 3.01. The molecule has 29 heavy (non-hydrogen) atoms. The highest BCUT2D eigenvalue weighted by molar-refractivity contribution is 7.90. The molecule has 1 saturated heterocycles. The fraction of sp³-hybridized carbons (Fsp3) is 0.333. The van der Waals surface area contributed by atoms with Crippen molar-refractivity contribution in [3.05, 3.63) is 60.2 Å². The van der Waals surface area contributed by atoms with Crippen LogP contribution in [0, 0.1) is 11.6 Å². The third kappa shape index (κ3) is 5.50. The summed E-state index contributed by atoms with van der Waals surface area (Å²) >= 11 is 0. The van der Waals surface area contributed by atoms with E-state index in [9.17, 15) is 25.6 Å². The van der Waals surface area contributed by atoms with Gasteiger partial charge in [0.2, 0.25) is 20.0 Å². The highest BCUT2D eigenvalue weighted by atomic mass is 32.2. The van der Waals surface area contributed by atoms with Gasteiger partial charge in [0.05, 0.1) is 10.6 Å². The van der Waals surface area contributed by atoms with Crippen LogP contribution in [-0.4, -0.2) is 59.6 Å². The normalized spacial score (nSPS) is 16.1. The van der Waals surface area contributed by atoms with Gasteiger partial charge in [-0.2, -0.15) is 4.31 Å². The summed E-state index contributed by atoms with van der Waals surface area (Å²) in [7, 11) is -7.56. The Labute approximate surface area is 169 Å². The summed E-state index contributed by atoms with van der Waals surface area (Å²) in [6.07, 6.45) is 0. The first-order valence-corrected chi connectivity index (χ1v) is 12.0. The molecule has 7 nitrogen and oxygen atoms in total. The summed E-state index contributed by atoms with van der Waals surface area (Å²) < 4.78 is 78.8. The van der Waals surface area contributed by atoms with Gasteiger partial charge in [0.1, 0.15) is 11.6 Å². The highest BCUT2D eigenvalue weighted by Crippen LogP contribution is 2.18. The number of hydrogen-bond donors (Lipinski definition) is 1. The van der Waals surface area contributed by atoms with Gasteiger partial charge in [-0.05, 0) is 48.5 Å². The molecule has 158 valence electrons. The van der Waals surface area contributed by atoms with Crippen LogP contribution in [0.3, 0.4) is 0 Å². The maximum atomic E-state index is 13.0. The van der Waals surface area contributed by atoms with Gasteiger partial charge < -0.3 is 4.90 Å². The van der Waals surface area contributed by atoms with E-state index in [-0.39, 0.29) is 36.1 Å². The number of piperazine rings is 1. The molecule has 1 N–H and O–H groups in total. The van der Waals surface area contributed by atoms with Crippen LogP contribution in [0.4, 0.5) is 14.5 Å². The number of hydrogen-bond acceptors (Lipinski definition) is 5. The second-order valence-corrected chi connectivity index (χ2v) is 10.4. The van der Waals surface area contributed by atoms with E-state index in [1.165, 1.54) is 16.4 Å². The second-order valence-electron chi connectivity index (χ2n) is 6.53. The summed E-state index contributed by atoms with van der Waals surface area (Å²) in [6, 6.07) is 10.3. The van der Waals surface area contributed by atoms with E-state index >= 15 is 0 Å². The Morgan fingerprint density at radius 1 is 0.793 bits per heavy atom. The first kappa shape index (κ1) is 21.6. The number of sulfonamides is 2. The molecule has 1 heterocycles. The minimum atomic E-state index is -3.92. The summed E-state index contributed by atoms with van der Waals surface area (Å²) in [5.74, 6) is -1.28. The first-order valence-electron chi connectivity index (χ1n) is 8.91. The molecule has 1 aliphatic heterocycles. The van der Waals surface area contributed by atoms with E-state index in [0.29, 0.717) is 13.1 Å². The molecule has 11 heteroatoms. The summed E-state index contributed by atoms with van der Waals surface area (Å²) in [6.45, 7) is 1.12. The van der Waals surface area contributed by atoms with Crippen molar-refractivity contribution < 1.29 is 25.6 Å². The van der Waals surface area contributed by atoms with Gasteiger partial charge in [-0.3, -0.25) is 0 Å². The van der Waals surface area contributed by atoms with Crippen molar-refractivity contribution in [2.24, 2.45) is 0 Å². The van der Waals surface area contributed by atoms with E-state index in [1.807, 2.05) is 4.90 Å². The lowest BCUT2D eigenvalue weighted by Gasteiger charge is -2.35. The minimum Gasteiger partial charge on any atom is -0.369 e. The van der Waals surface area contributed by atoms with E-state index in [0.717, 1.165) is 30.0 Å². The molecule has 0 bridgehead atoms. The van der Waals surface area contributed by atoms with E-state index in [2.05, 4.69) is 4.72 Å². The largest absolute Gasteiger partial charge is 0.369 e. The molecule has 0 radical (unpaired) electrons. The molecule has 1 aliphatic rings. The predicted octanol–water partition coefficient (Wildman–Crippen LogP) is 1.40. The third-order valence-corrected chi connectivity index (χ3v) is 7.95. The van der Waals surface area contributed by atoms with Crippen LogP contribution >= 0.6 is 0 Å². The minimum absolute atomic E-state index is 0.135. The summed E-state index contributed by atoms with van der Waals surface area (Å²) in [5, 5.41) is 0. The fourth-order valence-corrected chi connectivity index (χ4v) is 5.51.